The molecule has 0 aliphatic carbocycles. The number of likely N-dealkylation sites (tertiary alicyclic amines) is 1. The summed E-state index contributed by atoms with van der Waals surface area (Å²) >= 11 is 5.45. The highest BCUT2D eigenvalue weighted by atomic mass is 79.9. The summed E-state index contributed by atoms with van der Waals surface area (Å²) in [7, 11) is 0. The summed E-state index contributed by atoms with van der Waals surface area (Å²) in [6, 6.07) is 13.9. The molecular formula is C17H21BrN2S. The topological polar surface area (TPSA) is 15.3 Å². The fourth-order valence-electron chi connectivity index (χ4n) is 3.00. The maximum absolute atomic E-state index is 3.78. The number of thiophene rings is 1. The SMILES string of the molecule is CC(NC1CCN(Cc2ccccc2)C1)c1sccc1Br. The molecule has 2 nitrogen and oxygen atoms in total. The van der Waals surface area contributed by atoms with E-state index in [1.165, 1.54) is 27.9 Å². The average Bonchev–Trinajstić information content (AvgIpc) is 3.09. The van der Waals surface area contributed by atoms with E-state index in [1.54, 1.807) is 0 Å². The molecule has 0 radical (unpaired) electrons. The van der Waals surface area contributed by atoms with Crippen molar-refractivity contribution in [3.05, 3.63) is 56.7 Å². The van der Waals surface area contributed by atoms with Gasteiger partial charge in [-0.15, -0.1) is 11.3 Å². The van der Waals surface area contributed by atoms with Crippen molar-refractivity contribution in [1.82, 2.24) is 10.2 Å². The molecule has 2 unspecified atom stereocenters. The summed E-state index contributed by atoms with van der Waals surface area (Å²) in [5.41, 5.74) is 1.41. The van der Waals surface area contributed by atoms with Crippen LogP contribution in [0.25, 0.3) is 0 Å². The number of nitrogens with one attached hydrogen (secondary N) is 1. The van der Waals surface area contributed by atoms with Crippen molar-refractivity contribution in [3.63, 3.8) is 0 Å². The number of benzene rings is 1. The first-order chi connectivity index (χ1) is 10.2. The Kier molecular flexibility index (Phi) is 5.11. The molecule has 1 saturated heterocycles. The highest BCUT2D eigenvalue weighted by Crippen LogP contribution is 2.29. The van der Waals surface area contributed by atoms with Gasteiger partial charge in [0, 0.05) is 41.1 Å². The molecule has 0 saturated carbocycles. The largest absolute Gasteiger partial charge is 0.305 e. The molecule has 2 atom stereocenters. The van der Waals surface area contributed by atoms with Gasteiger partial charge < -0.3 is 5.32 Å². The fraction of sp³-hybridized carbons (Fsp3) is 0.412. The zero-order valence-corrected chi connectivity index (χ0v) is 14.7. The van der Waals surface area contributed by atoms with Crippen LogP contribution in [0.5, 0.6) is 0 Å². The Labute approximate surface area is 139 Å². The van der Waals surface area contributed by atoms with Crippen LogP contribution in [0.1, 0.15) is 29.8 Å². The van der Waals surface area contributed by atoms with E-state index in [1.807, 2.05) is 11.3 Å². The minimum Gasteiger partial charge on any atom is -0.305 e. The number of rotatable bonds is 5. The molecule has 1 aliphatic heterocycles. The van der Waals surface area contributed by atoms with Crippen molar-refractivity contribution < 1.29 is 0 Å². The van der Waals surface area contributed by atoms with E-state index in [9.17, 15) is 0 Å². The van der Waals surface area contributed by atoms with E-state index in [2.05, 4.69) is 74.8 Å². The first-order valence-electron chi connectivity index (χ1n) is 7.47. The lowest BCUT2D eigenvalue weighted by atomic mass is 10.2. The summed E-state index contributed by atoms with van der Waals surface area (Å²) in [4.78, 5) is 3.94. The Bertz CT molecular complexity index is 569. The van der Waals surface area contributed by atoms with Crippen LogP contribution in [0.2, 0.25) is 0 Å². The Morgan fingerprint density at radius 1 is 1.33 bits per heavy atom. The van der Waals surface area contributed by atoms with Crippen LogP contribution in [0.3, 0.4) is 0 Å². The van der Waals surface area contributed by atoms with Gasteiger partial charge in [0.2, 0.25) is 0 Å². The molecule has 3 rings (SSSR count). The molecular weight excluding hydrogens is 344 g/mol. The molecule has 1 fully saturated rings. The Balaban J connectivity index is 1.52. The lowest BCUT2D eigenvalue weighted by Crippen LogP contribution is -2.34. The monoisotopic (exact) mass is 364 g/mol. The predicted molar refractivity (Wildman–Crippen MR) is 93.7 cm³/mol. The van der Waals surface area contributed by atoms with Crippen molar-refractivity contribution in [1.29, 1.82) is 0 Å². The minimum atomic E-state index is 0.418. The molecule has 1 N–H and O–H groups in total. The van der Waals surface area contributed by atoms with Gasteiger partial charge in [-0.3, -0.25) is 4.90 Å². The molecule has 21 heavy (non-hydrogen) atoms. The molecule has 1 aromatic heterocycles. The van der Waals surface area contributed by atoms with Crippen LogP contribution in [0.4, 0.5) is 0 Å². The van der Waals surface area contributed by atoms with Gasteiger partial charge >= 0.3 is 0 Å². The number of hydrogen-bond acceptors (Lipinski definition) is 3. The Hall–Kier alpha value is -0.680. The molecule has 2 aromatic rings. The highest BCUT2D eigenvalue weighted by Gasteiger charge is 2.24. The van der Waals surface area contributed by atoms with Crippen LogP contribution in [0, 0.1) is 0 Å². The standard InChI is InChI=1S/C17H21BrN2S/c1-13(17-16(18)8-10-21-17)19-15-7-9-20(12-15)11-14-5-3-2-4-6-14/h2-6,8,10,13,15,19H,7,9,11-12H2,1H3. The van der Waals surface area contributed by atoms with Crippen molar-refractivity contribution in [2.75, 3.05) is 13.1 Å². The first kappa shape index (κ1) is 15.2. The molecule has 0 amide bonds. The van der Waals surface area contributed by atoms with E-state index in [0.717, 1.165) is 13.1 Å². The summed E-state index contributed by atoms with van der Waals surface area (Å²) in [5, 5.41) is 5.92. The van der Waals surface area contributed by atoms with E-state index in [4.69, 9.17) is 0 Å². The lowest BCUT2D eigenvalue weighted by molar-refractivity contribution is 0.316. The van der Waals surface area contributed by atoms with Crippen molar-refractivity contribution in [2.45, 2.75) is 32.0 Å². The summed E-state index contributed by atoms with van der Waals surface area (Å²) in [6.45, 7) is 5.65. The summed E-state index contributed by atoms with van der Waals surface area (Å²) < 4.78 is 1.23. The highest BCUT2D eigenvalue weighted by molar-refractivity contribution is 9.10. The van der Waals surface area contributed by atoms with Gasteiger partial charge in [0.15, 0.2) is 0 Å². The third-order valence-electron chi connectivity index (χ3n) is 4.05. The zero-order chi connectivity index (χ0) is 14.7. The molecule has 112 valence electrons. The Morgan fingerprint density at radius 2 is 2.14 bits per heavy atom. The van der Waals surface area contributed by atoms with Gasteiger partial charge in [0.05, 0.1) is 0 Å². The zero-order valence-electron chi connectivity index (χ0n) is 12.3. The smallest absolute Gasteiger partial charge is 0.0400 e. The second-order valence-electron chi connectivity index (χ2n) is 5.73. The van der Waals surface area contributed by atoms with E-state index in [-0.39, 0.29) is 0 Å². The number of nitrogens with zero attached hydrogens (tertiary/aromatic N) is 1. The first-order valence-corrected chi connectivity index (χ1v) is 9.15. The normalized spacial score (nSPS) is 20.8. The molecule has 0 spiro atoms. The van der Waals surface area contributed by atoms with Gasteiger partial charge in [-0.05, 0) is 46.3 Å². The van der Waals surface area contributed by atoms with Crippen LogP contribution in [0.15, 0.2) is 46.3 Å². The third kappa shape index (κ3) is 3.95. The van der Waals surface area contributed by atoms with Crippen LogP contribution in [-0.4, -0.2) is 24.0 Å². The van der Waals surface area contributed by atoms with Crippen molar-refractivity contribution in [3.8, 4) is 0 Å². The number of halogens is 1. The van der Waals surface area contributed by atoms with Gasteiger partial charge in [-0.1, -0.05) is 30.3 Å². The summed E-state index contributed by atoms with van der Waals surface area (Å²) in [5.74, 6) is 0. The maximum Gasteiger partial charge on any atom is 0.0400 e. The third-order valence-corrected chi connectivity index (χ3v) is 6.10. The van der Waals surface area contributed by atoms with Crippen LogP contribution in [-0.2, 0) is 6.54 Å². The average molecular weight is 365 g/mol. The van der Waals surface area contributed by atoms with Gasteiger partial charge in [0.1, 0.15) is 0 Å². The molecule has 1 aromatic carbocycles. The van der Waals surface area contributed by atoms with Crippen LogP contribution >= 0.6 is 27.3 Å². The maximum atomic E-state index is 3.78. The van der Waals surface area contributed by atoms with Crippen LogP contribution < -0.4 is 5.32 Å². The fourth-order valence-corrected chi connectivity index (χ4v) is 4.73. The minimum absolute atomic E-state index is 0.418. The molecule has 1 aliphatic rings. The Morgan fingerprint density at radius 3 is 2.86 bits per heavy atom. The molecule has 0 bridgehead atoms. The van der Waals surface area contributed by atoms with Gasteiger partial charge in [0.25, 0.3) is 0 Å². The van der Waals surface area contributed by atoms with E-state index < -0.39 is 0 Å². The number of hydrogen-bond donors (Lipinski definition) is 1. The van der Waals surface area contributed by atoms with Gasteiger partial charge in [-0.25, -0.2) is 0 Å². The van der Waals surface area contributed by atoms with E-state index >= 15 is 0 Å². The quantitative estimate of drug-likeness (QED) is 0.843. The second-order valence-corrected chi connectivity index (χ2v) is 7.53. The lowest BCUT2D eigenvalue weighted by Gasteiger charge is -2.20. The predicted octanol–water partition coefficient (Wildman–Crippen LogP) is 4.44. The molecule has 4 heteroatoms. The van der Waals surface area contributed by atoms with Gasteiger partial charge in [-0.2, -0.15) is 0 Å². The molecule has 2 heterocycles. The van der Waals surface area contributed by atoms with Crippen molar-refractivity contribution in [2.24, 2.45) is 0 Å². The second kappa shape index (κ2) is 7.05. The summed E-state index contributed by atoms with van der Waals surface area (Å²) in [6.07, 6.45) is 1.24. The van der Waals surface area contributed by atoms with Crippen molar-refractivity contribution >= 4 is 27.3 Å². The van der Waals surface area contributed by atoms with E-state index in [0.29, 0.717) is 12.1 Å².